The molecule has 4 heteroatoms. The summed E-state index contributed by atoms with van der Waals surface area (Å²) < 4.78 is 31.4. The number of esters is 1. The third-order valence-corrected chi connectivity index (χ3v) is 2.29. The summed E-state index contributed by atoms with van der Waals surface area (Å²) in [7, 11) is 1.25. The zero-order chi connectivity index (χ0) is 12.2. The predicted octanol–water partition coefficient (Wildman–Crippen LogP) is 3.37. The minimum atomic E-state index is -2.83. The molecule has 0 radical (unpaired) electrons. The lowest BCUT2D eigenvalue weighted by Gasteiger charge is -2.15. The summed E-state index contributed by atoms with van der Waals surface area (Å²) >= 11 is 0. The number of alkyl halides is 2. The van der Waals surface area contributed by atoms with Gasteiger partial charge in [-0.1, -0.05) is 25.5 Å². The molecule has 0 bridgehead atoms. The van der Waals surface area contributed by atoms with E-state index in [0.717, 1.165) is 0 Å². The van der Waals surface area contributed by atoms with Gasteiger partial charge in [-0.15, -0.1) is 0 Å². The van der Waals surface area contributed by atoms with E-state index in [4.69, 9.17) is 0 Å². The average molecular weight is 228 g/mol. The van der Waals surface area contributed by atoms with Crippen LogP contribution in [0.15, 0.2) is 24.3 Å². The van der Waals surface area contributed by atoms with Crippen molar-refractivity contribution in [2.24, 2.45) is 0 Å². The van der Waals surface area contributed by atoms with Gasteiger partial charge in [-0.25, -0.2) is 13.6 Å². The van der Waals surface area contributed by atoms with Crippen LogP contribution >= 0.6 is 0 Å². The van der Waals surface area contributed by atoms with Gasteiger partial charge in [0, 0.05) is 12.0 Å². The molecule has 1 aromatic rings. The molecule has 0 spiro atoms. The first-order chi connectivity index (χ1) is 7.51. The van der Waals surface area contributed by atoms with Gasteiger partial charge in [0.15, 0.2) is 0 Å². The first-order valence-electron chi connectivity index (χ1n) is 5.08. The van der Waals surface area contributed by atoms with Crippen molar-refractivity contribution in [1.82, 2.24) is 0 Å². The summed E-state index contributed by atoms with van der Waals surface area (Å²) in [6.07, 6.45) is 0.219. The van der Waals surface area contributed by atoms with Gasteiger partial charge in [-0.05, 0) is 12.1 Å². The van der Waals surface area contributed by atoms with Gasteiger partial charge in [0.25, 0.3) is 5.92 Å². The van der Waals surface area contributed by atoms with Crippen LogP contribution in [0.2, 0.25) is 0 Å². The van der Waals surface area contributed by atoms with E-state index in [0.29, 0.717) is 6.42 Å². The quantitative estimate of drug-likeness (QED) is 0.738. The van der Waals surface area contributed by atoms with Crippen LogP contribution in [0.25, 0.3) is 0 Å². The maximum absolute atomic E-state index is 13.5. The molecule has 0 N–H and O–H groups in total. The first kappa shape index (κ1) is 12.6. The second-order valence-corrected chi connectivity index (χ2v) is 3.52. The Hall–Kier alpha value is -1.45. The summed E-state index contributed by atoms with van der Waals surface area (Å²) in [6.45, 7) is 1.71. The number of carbonyl (C=O) groups is 1. The highest BCUT2D eigenvalue weighted by Crippen LogP contribution is 2.32. The molecule has 1 rings (SSSR count). The molecule has 0 heterocycles. The molecule has 0 aliphatic rings. The van der Waals surface area contributed by atoms with E-state index < -0.39 is 11.9 Å². The Balaban J connectivity index is 2.90. The number of benzene rings is 1. The molecule has 0 amide bonds. The van der Waals surface area contributed by atoms with Gasteiger partial charge in [0.1, 0.15) is 0 Å². The van der Waals surface area contributed by atoms with Gasteiger partial charge in [0.2, 0.25) is 0 Å². The fourth-order valence-electron chi connectivity index (χ4n) is 1.43. The van der Waals surface area contributed by atoms with Crippen molar-refractivity contribution in [3.8, 4) is 0 Å². The first-order valence-corrected chi connectivity index (χ1v) is 5.08. The van der Waals surface area contributed by atoms with Crippen molar-refractivity contribution in [2.45, 2.75) is 25.7 Å². The fraction of sp³-hybridized carbons (Fsp3) is 0.417. The molecule has 0 saturated heterocycles. The topological polar surface area (TPSA) is 26.3 Å². The second kappa shape index (κ2) is 5.05. The molecule has 16 heavy (non-hydrogen) atoms. The van der Waals surface area contributed by atoms with Crippen LogP contribution in [0.4, 0.5) is 8.78 Å². The summed E-state index contributed by atoms with van der Waals surface area (Å²) in [5.41, 5.74) is 0.209. The number of hydrogen-bond donors (Lipinski definition) is 0. The van der Waals surface area contributed by atoms with Crippen molar-refractivity contribution in [2.75, 3.05) is 7.11 Å². The van der Waals surface area contributed by atoms with Gasteiger partial charge in [0.05, 0.1) is 12.7 Å². The largest absolute Gasteiger partial charge is 0.465 e. The maximum Gasteiger partial charge on any atom is 0.337 e. The summed E-state index contributed by atoms with van der Waals surface area (Å²) in [5, 5.41) is 0. The molecule has 0 aliphatic carbocycles. The Morgan fingerprint density at radius 3 is 2.31 bits per heavy atom. The van der Waals surface area contributed by atoms with Crippen molar-refractivity contribution in [1.29, 1.82) is 0 Å². The van der Waals surface area contributed by atoms with Gasteiger partial charge >= 0.3 is 5.97 Å². The van der Waals surface area contributed by atoms with Crippen LogP contribution in [0.5, 0.6) is 0 Å². The number of ether oxygens (including phenoxy) is 1. The number of methoxy groups -OCH3 is 1. The monoisotopic (exact) mass is 228 g/mol. The van der Waals surface area contributed by atoms with Crippen molar-refractivity contribution >= 4 is 5.97 Å². The maximum atomic E-state index is 13.5. The van der Waals surface area contributed by atoms with E-state index in [9.17, 15) is 13.6 Å². The highest BCUT2D eigenvalue weighted by molar-refractivity contribution is 5.89. The molecule has 1 aromatic carbocycles. The third-order valence-electron chi connectivity index (χ3n) is 2.29. The minimum absolute atomic E-state index is 0.0676. The lowest BCUT2D eigenvalue weighted by atomic mass is 10.0. The van der Waals surface area contributed by atoms with E-state index >= 15 is 0 Å². The van der Waals surface area contributed by atoms with Crippen LogP contribution in [0, 0.1) is 0 Å². The number of halogens is 2. The molecule has 0 aromatic heterocycles. The summed E-state index contributed by atoms with van der Waals surface area (Å²) in [5.74, 6) is -3.35. The fourth-order valence-corrected chi connectivity index (χ4v) is 1.43. The van der Waals surface area contributed by atoms with Gasteiger partial charge in [-0.2, -0.15) is 0 Å². The molecule has 2 nitrogen and oxygen atoms in total. The van der Waals surface area contributed by atoms with Crippen molar-refractivity contribution < 1.29 is 18.3 Å². The standard InChI is InChI=1S/C12H14F2O2/c1-3-8-12(13,14)10-6-4-9(5-7-10)11(15)16-2/h4-7H,3,8H2,1-2H3. The highest BCUT2D eigenvalue weighted by atomic mass is 19.3. The molecule has 0 atom stereocenters. The molecular formula is C12H14F2O2. The second-order valence-electron chi connectivity index (χ2n) is 3.52. The lowest BCUT2D eigenvalue weighted by Crippen LogP contribution is -2.13. The van der Waals surface area contributed by atoms with Crippen molar-refractivity contribution in [3.05, 3.63) is 35.4 Å². The average Bonchev–Trinajstić information content (AvgIpc) is 2.28. The Kier molecular flexibility index (Phi) is 3.99. The van der Waals surface area contributed by atoms with Gasteiger partial charge < -0.3 is 4.74 Å². The molecule has 0 saturated carbocycles. The predicted molar refractivity (Wildman–Crippen MR) is 56.6 cm³/mol. The number of rotatable bonds is 4. The van der Waals surface area contributed by atoms with Crippen LogP contribution in [0.3, 0.4) is 0 Å². The lowest BCUT2D eigenvalue weighted by molar-refractivity contribution is -0.0140. The Bertz CT molecular complexity index is 358. The number of carbonyl (C=O) groups excluding carboxylic acids is 1. The SMILES string of the molecule is CCCC(F)(F)c1ccc(C(=O)OC)cc1. The molecule has 88 valence electrons. The zero-order valence-electron chi connectivity index (χ0n) is 9.30. The highest BCUT2D eigenvalue weighted by Gasteiger charge is 2.30. The van der Waals surface area contributed by atoms with Crippen LogP contribution in [-0.2, 0) is 10.7 Å². The molecule has 0 fully saturated rings. The summed E-state index contributed by atoms with van der Waals surface area (Å²) in [4.78, 5) is 11.1. The van der Waals surface area contributed by atoms with Gasteiger partial charge in [-0.3, -0.25) is 0 Å². The van der Waals surface area contributed by atoms with Crippen LogP contribution in [0.1, 0.15) is 35.7 Å². The van der Waals surface area contributed by atoms with Crippen molar-refractivity contribution in [3.63, 3.8) is 0 Å². The van der Waals surface area contributed by atoms with Crippen LogP contribution < -0.4 is 0 Å². The van der Waals surface area contributed by atoms with E-state index in [2.05, 4.69) is 4.74 Å². The Morgan fingerprint density at radius 1 is 1.31 bits per heavy atom. The van der Waals surface area contributed by atoms with E-state index in [1.54, 1.807) is 6.92 Å². The van der Waals surface area contributed by atoms with E-state index in [-0.39, 0.29) is 17.5 Å². The zero-order valence-corrected chi connectivity index (χ0v) is 9.30. The molecule has 0 aliphatic heterocycles. The van der Waals surface area contributed by atoms with E-state index in [1.165, 1.54) is 31.4 Å². The minimum Gasteiger partial charge on any atom is -0.465 e. The third kappa shape index (κ3) is 2.78. The summed E-state index contributed by atoms with van der Waals surface area (Å²) in [6, 6.07) is 5.24. The number of hydrogen-bond acceptors (Lipinski definition) is 2. The Morgan fingerprint density at radius 2 is 1.88 bits per heavy atom. The Labute approximate surface area is 93.2 Å². The molecule has 0 unspecified atom stereocenters. The normalized spacial score (nSPS) is 11.2. The molecular weight excluding hydrogens is 214 g/mol. The smallest absolute Gasteiger partial charge is 0.337 e. The van der Waals surface area contributed by atoms with E-state index in [1.807, 2.05) is 0 Å². The van der Waals surface area contributed by atoms with Crippen LogP contribution in [-0.4, -0.2) is 13.1 Å².